The molecule has 0 unspecified atom stereocenters. The first-order valence-corrected chi connectivity index (χ1v) is 9.39. The summed E-state index contributed by atoms with van der Waals surface area (Å²) in [4.78, 5) is 13.0. The highest BCUT2D eigenvalue weighted by molar-refractivity contribution is 5.94. The summed E-state index contributed by atoms with van der Waals surface area (Å²) in [5.74, 6) is 1.23. The zero-order chi connectivity index (χ0) is 17.9. The summed E-state index contributed by atoms with van der Waals surface area (Å²) in [6.07, 6.45) is 7.96. The van der Waals surface area contributed by atoms with Gasteiger partial charge in [-0.1, -0.05) is 49.6 Å². The second-order valence-corrected chi connectivity index (χ2v) is 7.15. The van der Waals surface area contributed by atoms with Crippen molar-refractivity contribution in [3.8, 4) is 0 Å². The van der Waals surface area contributed by atoms with E-state index in [1.54, 1.807) is 0 Å². The number of hydrogen-bond donors (Lipinski definition) is 1. The Kier molecular flexibility index (Phi) is 4.69. The lowest BCUT2D eigenvalue weighted by Crippen LogP contribution is -2.34. The van der Waals surface area contributed by atoms with Crippen LogP contribution in [0.4, 0.5) is 0 Å². The standard InChI is InChI=1S/C21H24N4O/c1-15-23-24-19-13-12-18(14-25(15)19)21(26)22-20(16-8-4-2-5-9-16)17-10-6-3-7-11-17/h2,4-5,8-9,12-14,17,20H,3,6-7,10-11H2,1H3,(H,22,26)/t20-/m1/s1. The SMILES string of the molecule is Cc1nnc2ccc(C(=O)N[C@H](c3ccccc3)C3CCCCC3)cn12. The summed E-state index contributed by atoms with van der Waals surface area (Å²) in [7, 11) is 0. The quantitative estimate of drug-likeness (QED) is 0.772. The number of carbonyl (C=O) groups is 1. The molecule has 1 atom stereocenters. The molecule has 5 nitrogen and oxygen atoms in total. The minimum atomic E-state index is -0.0422. The molecule has 0 spiro atoms. The van der Waals surface area contributed by atoms with Gasteiger partial charge in [0.15, 0.2) is 5.65 Å². The van der Waals surface area contributed by atoms with Gasteiger partial charge in [0.25, 0.3) is 5.91 Å². The lowest BCUT2D eigenvalue weighted by Gasteiger charge is -2.31. The lowest BCUT2D eigenvalue weighted by molar-refractivity contribution is 0.0912. The van der Waals surface area contributed by atoms with Crippen LogP contribution in [0.25, 0.3) is 5.65 Å². The molecule has 0 saturated heterocycles. The lowest BCUT2D eigenvalue weighted by atomic mass is 9.81. The average molecular weight is 348 g/mol. The van der Waals surface area contributed by atoms with Gasteiger partial charge in [-0.05, 0) is 43.4 Å². The molecule has 1 fully saturated rings. The van der Waals surface area contributed by atoms with E-state index in [0.717, 1.165) is 11.5 Å². The molecule has 2 aromatic heterocycles. The molecule has 3 aromatic rings. The molecule has 1 amide bonds. The number of aryl methyl sites for hydroxylation is 1. The van der Waals surface area contributed by atoms with Crippen LogP contribution in [0.1, 0.15) is 59.9 Å². The summed E-state index contributed by atoms with van der Waals surface area (Å²) in [5.41, 5.74) is 2.58. The van der Waals surface area contributed by atoms with Crippen LogP contribution in [-0.4, -0.2) is 20.5 Å². The summed E-state index contributed by atoms with van der Waals surface area (Å²) >= 11 is 0. The van der Waals surface area contributed by atoms with E-state index in [9.17, 15) is 4.79 Å². The van der Waals surface area contributed by atoms with Crippen molar-refractivity contribution in [1.82, 2.24) is 19.9 Å². The largest absolute Gasteiger partial charge is 0.345 e. The molecular formula is C21H24N4O. The first-order valence-electron chi connectivity index (χ1n) is 9.39. The molecule has 5 heteroatoms. The molecule has 1 aliphatic carbocycles. The maximum atomic E-state index is 13.0. The minimum absolute atomic E-state index is 0.0422. The number of fused-ring (bicyclic) bond motifs is 1. The Morgan fingerprint density at radius 1 is 1.08 bits per heavy atom. The van der Waals surface area contributed by atoms with Crippen LogP contribution in [0.3, 0.4) is 0 Å². The monoisotopic (exact) mass is 348 g/mol. The predicted molar refractivity (Wildman–Crippen MR) is 101 cm³/mol. The predicted octanol–water partition coefficient (Wildman–Crippen LogP) is 4.09. The van der Waals surface area contributed by atoms with Crippen LogP contribution in [-0.2, 0) is 0 Å². The molecule has 0 aliphatic heterocycles. The molecule has 0 radical (unpaired) electrons. The number of amides is 1. The van der Waals surface area contributed by atoms with Crippen LogP contribution in [0.5, 0.6) is 0 Å². The first kappa shape index (κ1) is 16.8. The third-order valence-corrected chi connectivity index (χ3v) is 5.40. The van der Waals surface area contributed by atoms with Gasteiger partial charge in [-0.2, -0.15) is 0 Å². The number of nitrogens with zero attached hydrogens (tertiary/aromatic N) is 3. The number of nitrogens with one attached hydrogen (secondary N) is 1. The Morgan fingerprint density at radius 3 is 2.62 bits per heavy atom. The third-order valence-electron chi connectivity index (χ3n) is 5.40. The molecule has 1 N–H and O–H groups in total. The number of aromatic nitrogens is 3. The molecule has 1 saturated carbocycles. The van der Waals surface area contributed by atoms with Gasteiger partial charge in [-0.25, -0.2) is 0 Å². The fourth-order valence-corrected chi connectivity index (χ4v) is 3.97. The number of rotatable bonds is 4. The zero-order valence-corrected chi connectivity index (χ0v) is 15.1. The van der Waals surface area contributed by atoms with E-state index >= 15 is 0 Å². The van der Waals surface area contributed by atoms with Crippen molar-refractivity contribution in [3.63, 3.8) is 0 Å². The Bertz CT molecular complexity index is 897. The van der Waals surface area contributed by atoms with E-state index < -0.39 is 0 Å². The van der Waals surface area contributed by atoms with Crippen LogP contribution in [0.15, 0.2) is 48.7 Å². The van der Waals surface area contributed by atoms with Crippen molar-refractivity contribution >= 4 is 11.6 Å². The van der Waals surface area contributed by atoms with Crippen molar-refractivity contribution in [1.29, 1.82) is 0 Å². The Morgan fingerprint density at radius 2 is 1.85 bits per heavy atom. The average Bonchev–Trinajstić information content (AvgIpc) is 3.07. The van der Waals surface area contributed by atoms with E-state index in [4.69, 9.17) is 0 Å². The van der Waals surface area contributed by atoms with E-state index in [-0.39, 0.29) is 11.9 Å². The second kappa shape index (κ2) is 7.28. The van der Waals surface area contributed by atoms with Gasteiger partial charge >= 0.3 is 0 Å². The summed E-state index contributed by atoms with van der Waals surface area (Å²) < 4.78 is 1.85. The van der Waals surface area contributed by atoms with Crippen molar-refractivity contribution in [2.75, 3.05) is 0 Å². The Labute approximate surface area is 153 Å². The van der Waals surface area contributed by atoms with E-state index in [2.05, 4.69) is 27.6 Å². The van der Waals surface area contributed by atoms with Crippen LogP contribution in [0.2, 0.25) is 0 Å². The second-order valence-electron chi connectivity index (χ2n) is 7.15. The van der Waals surface area contributed by atoms with Gasteiger partial charge < -0.3 is 5.32 Å². The fourth-order valence-electron chi connectivity index (χ4n) is 3.97. The molecule has 1 aliphatic rings. The number of pyridine rings is 1. The number of carbonyl (C=O) groups excluding carboxylic acids is 1. The molecule has 1 aromatic carbocycles. The minimum Gasteiger partial charge on any atom is -0.345 e. The van der Waals surface area contributed by atoms with Gasteiger partial charge in [-0.3, -0.25) is 9.20 Å². The smallest absolute Gasteiger partial charge is 0.253 e. The van der Waals surface area contributed by atoms with Crippen molar-refractivity contribution in [3.05, 3.63) is 65.6 Å². The van der Waals surface area contributed by atoms with E-state index in [1.165, 1.54) is 37.7 Å². The first-order chi connectivity index (χ1) is 12.7. The van der Waals surface area contributed by atoms with Gasteiger partial charge in [0.05, 0.1) is 11.6 Å². The molecule has 26 heavy (non-hydrogen) atoms. The molecule has 134 valence electrons. The highest BCUT2D eigenvalue weighted by Crippen LogP contribution is 2.34. The summed E-state index contributed by atoms with van der Waals surface area (Å²) in [5, 5.41) is 11.4. The van der Waals surface area contributed by atoms with Crippen molar-refractivity contribution in [2.45, 2.75) is 45.1 Å². The normalized spacial score (nSPS) is 16.5. The van der Waals surface area contributed by atoms with E-state index in [0.29, 0.717) is 11.5 Å². The maximum absolute atomic E-state index is 13.0. The third kappa shape index (κ3) is 3.34. The van der Waals surface area contributed by atoms with Crippen molar-refractivity contribution < 1.29 is 4.79 Å². The van der Waals surface area contributed by atoms with Gasteiger partial charge in [0, 0.05) is 6.20 Å². The summed E-state index contributed by atoms with van der Waals surface area (Å²) in [6.45, 7) is 1.89. The Balaban J connectivity index is 1.61. The van der Waals surface area contributed by atoms with Gasteiger partial charge in [0.2, 0.25) is 0 Å². The maximum Gasteiger partial charge on any atom is 0.253 e. The topological polar surface area (TPSA) is 59.3 Å². The zero-order valence-electron chi connectivity index (χ0n) is 15.1. The molecule has 0 bridgehead atoms. The highest BCUT2D eigenvalue weighted by atomic mass is 16.1. The van der Waals surface area contributed by atoms with Gasteiger partial charge in [-0.15, -0.1) is 10.2 Å². The number of benzene rings is 1. The fraction of sp³-hybridized carbons (Fsp3) is 0.381. The van der Waals surface area contributed by atoms with Crippen LogP contribution in [0, 0.1) is 12.8 Å². The summed E-state index contributed by atoms with van der Waals surface area (Å²) in [6, 6.07) is 14.1. The highest BCUT2D eigenvalue weighted by Gasteiger charge is 2.27. The van der Waals surface area contributed by atoms with Gasteiger partial charge in [0.1, 0.15) is 5.82 Å². The molecule has 2 heterocycles. The van der Waals surface area contributed by atoms with Crippen LogP contribution >= 0.6 is 0 Å². The van der Waals surface area contributed by atoms with E-state index in [1.807, 2.05) is 47.9 Å². The Hall–Kier alpha value is -2.69. The van der Waals surface area contributed by atoms with Crippen molar-refractivity contribution in [2.24, 2.45) is 5.92 Å². The number of hydrogen-bond acceptors (Lipinski definition) is 3. The molecular weight excluding hydrogens is 324 g/mol. The molecule has 4 rings (SSSR count). The van der Waals surface area contributed by atoms with Crippen LogP contribution < -0.4 is 5.32 Å².